The number of amides is 2. The summed E-state index contributed by atoms with van der Waals surface area (Å²) in [7, 11) is 0. The van der Waals surface area contributed by atoms with Crippen LogP contribution in [0.15, 0.2) is 36.9 Å². The van der Waals surface area contributed by atoms with Crippen molar-refractivity contribution in [2.75, 3.05) is 18.4 Å². The summed E-state index contributed by atoms with van der Waals surface area (Å²) >= 11 is 0. The second kappa shape index (κ2) is 7.23. The van der Waals surface area contributed by atoms with Gasteiger partial charge in [-0.25, -0.2) is 0 Å². The van der Waals surface area contributed by atoms with E-state index in [0.717, 1.165) is 0 Å². The number of ketones is 1. The number of anilines is 1. The van der Waals surface area contributed by atoms with Gasteiger partial charge in [0.1, 0.15) is 6.54 Å². The average molecular weight is 274 g/mol. The lowest BCUT2D eigenvalue weighted by atomic mass is 10.1. The van der Waals surface area contributed by atoms with Gasteiger partial charge in [0.25, 0.3) is 0 Å². The molecule has 5 heteroatoms. The molecule has 0 aliphatic heterocycles. The number of benzene rings is 1. The zero-order chi connectivity index (χ0) is 15.1. The SMILES string of the molecule is C=CCN(CC(=O)Nc1ccc(C(C)=O)cc1)C(C)=O. The van der Waals surface area contributed by atoms with Crippen molar-refractivity contribution in [3.05, 3.63) is 42.5 Å². The topological polar surface area (TPSA) is 66.5 Å². The lowest BCUT2D eigenvalue weighted by Gasteiger charge is -2.18. The Morgan fingerprint density at radius 3 is 2.25 bits per heavy atom. The highest BCUT2D eigenvalue weighted by Crippen LogP contribution is 2.10. The van der Waals surface area contributed by atoms with E-state index in [0.29, 0.717) is 17.8 Å². The number of Topliss-reactive ketones (excluding diaryl/α,β-unsaturated/α-hetero) is 1. The van der Waals surface area contributed by atoms with Gasteiger partial charge in [-0.3, -0.25) is 14.4 Å². The Balaban J connectivity index is 2.63. The highest BCUT2D eigenvalue weighted by molar-refractivity contribution is 5.96. The summed E-state index contributed by atoms with van der Waals surface area (Å²) in [6, 6.07) is 6.59. The summed E-state index contributed by atoms with van der Waals surface area (Å²) < 4.78 is 0. The van der Waals surface area contributed by atoms with Crippen LogP contribution in [0.4, 0.5) is 5.69 Å². The number of nitrogens with zero attached hydrogens (tertiary/aromatic N) is 1. The molecule has 0 aliphatic rings. The summed E-state index contributed by atoms with van der Waals surface area (Å²) in [6.45, 7) is 6.72. The Morgan fingerprint density at radius 1 is 1.20 bits per heavy atom. The van der Waals surface area contributed by atoms with E-state index in [-0.39, 0.29) is 24.1 Å². The Morgan fingerprint density at radius 2 is 1.80 bits per heavy atom. The van der Waals surface area contributed by atoms with Crippen molar-refractivity contribution in [3.8, 4) is 0 Å². The Hall–Kier alpha value is -2.43. The molecule has 5 nitrogen and oxygen atoms in total. The largest absolute Gasteiger partial charge is 0.330 e. The van der Waals surface area contributed by atoms with Crippen molar-refractivity contribution in [3.63, 3.8) is 0 Å². The van der Waals surface area contributed by atoms with Gasteiger partial charge in [-0.1, -0.05) is 6.08 Å². The van der Waals surface area contributed by atoms with Crippen molar-refractivity contribution in [1.29, 1.82) is 0 Å². The normalized spacial score (nSPS) is 9.70. The molecule has 106 valence electrons. The van der Waals surface area contributed by atoms with Crippen LogP contribution in [0.5, 0.6) is 0 Å². The minimum Gasteiger partial charge on any atom is -0.330 e. The third-order valence-electron chi connectivity index (χ3n) is 2.70. The third kappa shape index (κ3) is 4.68. The number of rotatable bonds is 6. The van der Waals surface area contributed by atoms with Crippen LogP contribution >= 0.6 is 0 Å². The fraction of sp³-hybridized carbons (Fsp3) is 0.267. The van der Waals surface area contributed by atoms with Gasteiger partial charge in [0, 0.05) is 24.7 Å². The molecule has 0 fully saturated rings. The summed E-state index contributed by atoms with van der Waals surface area (Å²) in [5, 5.41) is 2.67. The first-order chi connectivity index (χ1) is 9.43. The van der Waals surface area contributed by atoms with Gasteiger partial charge in [0.05, 0.1) is 0 Å². The monoisotopic (exact) mass is 274 g/mol. The molecule has 0 spiro atoms. The molecular weight excluding hydrogens is 256 g/mol. The molecule has 0 unspecified atom stereocenters. The van der Waals surface area contributed by atoms with Crippen molar-refractivity contribution in [2.24, 2.45) is 0 Å². The first-order valence-corrected chi connectivity index (χ1v) is 6.21. The van der Waals surface area contributed by atoms with Crippen LogP contribution < -0.4 is 5.32 Å². The third-order valence-corrected chi connectivity index (χ3v) is 2.70. The molecule has 0 saturated heterocycles. The van der Waals surface area contributed by atoms with E-state index in [2.05, 4.69) is 11.9 Å². The fourth-order valence-corrected chi connectivity index (χ4v) is 1.62. The molecule has 0 radical (unpaired) electrons. The number of carbonyl (C=O) groups is 3. The van der Waals surface area contributed by atoms with Gasteiger partial charge in [-0.15, -0.1) is 6.58 Å². The van der Waals surface area contributed by atoms with Crippen molar-refractivity contribution >= 4 is 23.3 Å². The zero-order valence-corrected chi connectivity index (χ0v) is 11.7. The maximum Gasteiger partial charge on any atom is 0.244 e. The van der Waals surface area contributed by atoms with E-state index in [9.17, 15) is 14.4 Å². The van der Waals surface area contributed by atoms with Gasteiger partial charge >= 0.3 is 0 Å². The summed E-state index contributed by atoms with van der Waals surface area (Å²) in [4.78, 5) is 35.6. The number of hydrogen-bond donors (Lipinski definition) is 1. The quantitative estimate of drug-likeness (QED) is 0.636. The number of nitrogens with one attached hydrogen (secondary N) is 1. The van der Waals surface area contributed by atoms with Gasteiger partial charge in [0.15, 0.2) is 5.78 Å². The van der Waals surface area contributed by atoms with Crippen molar-refractivity contribution < 1.29 is 14.4 Å². The summed E-state index contributed by atoms with van der Waals surface area (Å²) in [5.41, 5.74) is 1.17. The minimum absolute atomic E-state index is 0.0309. The van der Waals surface area contributed by atoms with Crippen LogP contribution in [0.2, 0.25) is 0 Å². The summed E-state index contributed by atoms with van der Waals surface area (Å²) in [5.74, 6) is -0.513. The minimum atomic E-state index is -0.294. The van der Waals surface area contributed by atoms with E-state index in [1.165, 1.54) is 18.7 Å². The molecule has 0 saturated carbocycles. The average Bonchev–Trinajstić information content (AvgIpc) is 2.38. The highest BCUT2D eigenvalue weighted by atomic mass is 16.2. The maximum atomic E-state index is 11.8. The van der Waals surface area contributed by atoms with Gasteiger partial charge in [-0.05, 0) is 31.2 Å². The first-order valence-electron chi connectivity index (χ1n) is 6.21. The van der Waals surface area contributed by atoms with Gasteiger partial charge < -0.3 is 10.2 Å². The van der Waals surface area contributed by atoms with Crippen LogP contribution in [0, 0.1) is 0 Å². The van der Waals surface area contributed by atoms with E-state index >= 15 is 0 Å². The van der Waals surface area contributed by atoms with E-state index in [1.54, 1.807) is 30.3 Å². The van der Waals surface area contributed by atoms with Crippen LogP contribution in [-0.4, -0.2) is 35.6 Å². The number of carbonyl (C=O) groups excluding carboxylic acids is 3. The lowest BCUT2D eigenvalue weighted by Crippen LogP contribution is -2.36. The lowest BCUT2D eigenvalue weighted by molar-refractivity contribution is -0.132. The predicted molar refractivity (Wildman–Crippen MR) is 77.5 cm³/mol. The molecule has 20 heavy (non-hydrogen) atoms. The Kier molecular flexibility index (Phi) is 5.65. The van der Waals surface area contributed by atoms with E-state index in [1.807, 2.05) is 0 Å². The molecular formula is C15H18N2O3. The van der Waals surface area contributed by atoms with Crippen LogP contribution in [0.1, 0.15) is 24.2 Å². The van der Waals surface area contributed by atoms with Crippen LogP contribution in [0.3, 0.4) is 0 Å². The molecule has 0 aliphatic carbocycles. The molecule has 1 rings (SSSR count). The van der Waals surface area contributed by atoms with Crippen molar-refractivity contribution in [1.82, 2.24) is 4.90 Å². The fourth-order valence-electron chi connectivity index (χ4n) is 1.62. The highest BCUT2D eigenvalue weighted by Gasteiger charge is 2.12. The van der Waals surface area contributed by atoms with Crippen molar-refractivity contribution in [2.45, 2.75) is 13.8 Å². The van der Waals surface area contributed by atoms with Crippen LogP contribution in [-0.2, 0) is 9.59 Å². The molecule has 0 bridgehead atoms. The van der Waals surface area contributed by atoms with Gasteiger partial charge in [-0.2, -0.15) is 0 Å². The molecule has 1 aromatic rings. The molecule has 1 N–H and O–H groups in total. The number of hydrogen-bond acceptors (Lipinski definition) is 3. The second-order valence-electron chi connectivity index (χ2n) is 4.37. The Labute approximate surface area is 118 Å². The van der Waals surface area contributed by atoms with E-state index in [4.69, 9.17) is 0 Å². The molecule has 0 atom stereocenters. The maximum absolute atomic E-state index is 11.8. The van der Waals surface area contributed by atoms with E-state index < -0.39 is 0 Å². The van der Waals surface area contributed by atoms with Crippen LogP contribution in [0.25, 0.3) is 0 Å². The van der Waals surface area contributed by atoms with Gasteiger partial charge in [0.2, 0.25) is 11.8 Å². The molecule has 2 amide bonds. The first kappa shape index (κ1) is 15.6. The molecule has 0 aromatic heterocycles. The Bertz CT molecular complexity index is 520. The standard InChI is InChI=1S/C15H18N2O3/c1-4-9-17(12(3)19)10-15(20)16-14-7-5-13(6-8-14)11(2)18/h4-8H,1,9-10H2,2-3H3,(H,16,20). The zero-order valence-electron chi connectivity index (χ0n) is 11.7. The second-order valence-corrected chi connectivity index (χ2v) is 4.37. The summed E-state index contributed by atoms with van der Waals surface area (Å²) in [6.07, 6.45) is 1.57. The smallest absolute Gasteiger partial charge is 0.244 e. The predicted octanol–water partition coefficient (Wildman–Crippen LogP) is 1.86. The molecule has 1 aromatic carbocycles. The molecule has 0 heterocycles.